The van der Waals surface area contributed by atoms with Crippen LogP contribution in [-0.2, 0) is 17.3 Å². The van der Waals surface area contributed by atoms with Crippen LogP contribution < -0.4 is 5.73 Å². The summed E-state index contributed by atoms with van der Waals surface area (Å²) in [7, 11) is -0.806. The van der Waals surface area contributed by atoms with Crippen LogP contribution in [0.25, 0.3) is 0 Å². The lowest BCUT2D eigenvalue weighted by Gasteiger charge is -2.14. The number of benzene rings is 1. The van der Waals surface area contributed by atoms with Gasteiger partial charge in [-0.25, -0.2) is 4.98 Å². The van der Waals surface area contributed by atoms with Crippen LogP contribution >= 0.6 is 0 Å². The molecule has 1 heterocycles. The molecule has 0 aliphatic heterocycles. The van der Waals surface area contributed by atoms with Gasteiger partial charge in [-0.05, 0) is 5.56 Å². The zero-order chi connectivity index (χ0) is 13.0. The molecule has 0 radical (unpaired) electrons. The molecule has 96 valence electrons. The molecule has 2 N–H and O–H groups in total. The monoisotopic (exact) mass is 263 g/mol. The molecule has 2 unspecified atom stereocenters. The molecule has 0 aliphatic rings. The molecule has 18 heavy (non-hydrogen) atoms. The zero-order valence-electron chi connectivity index (χ0n) is 10.3. The van der Waals surface area contributed by atoms with Crippen molar-refractivity contribution in [3.63, 3.8) is 0 Å². The van der Waals surface area contributed by atoms with Gasteiger partial charge in [-0.3, -0.25) is 4.21 Å². The van der Waals surface area contributed by atoms with Crippen LogP contribution in [0.15, 0.2) is 42.9 Å². The van der Waals surface area contributed by atoms with Crippen LogP contribution in [-0.4, -0.2) is 25.8 Å². The number of rotatable bonds is 5. The number of nitrogens with two attached hydrogens (primary N) is 1. The zero-order valence-corrected chi connectivity index (χ0v) is 11.1. The van der Waals surface area contributed by atoms with E-state index in [9.17, 15) is 4.21 Å². The summed E-state index contributed by atoms with van der Waals surface area (Å²) in [5, 5.41) is 0. The third-order valence-electron chi connectivity index (χ3n) is 2.84. The Hall–Kier alpha value is -1.46. The van der Waals surface area contributed by atoms with E-state index in [1.54, 1.807) is 18.8 Å². The highest BCUT2D eigenvalue weighted by Gasteiger charge is 2.13. The predicted molar refractivity (Wildman–Crippen MR) is 73.6 cm³/mol. The van der Waals surface area contributed by atoms with Gasteiger partial charge in [-0.15, -0.1) is 0 Å². The Morgan fingerprint density at radius 3 is 2.78 bits per heavy atom. The standard InChI is InChI=1S/C13H17N3OS/c1-18(17)8-7-16-10-15-9-12(16)13(14)11-5-3-2-4-6-11/h2-6,9-10,13H,7-8,14H2,1H3. The van der Waals surface area contributed by atoms with Crippen molar-refractivity contribution in [3.05, 3.63) is 54.1 Å². The molecular formula is C13H17N3OS. The molecule has 5 heteroatoms. The Morgan fingerprint density at radius 2 is 2.11 bits per heavy atom. The second kappa shape index (κ2) is 5.93. The number of aryl methyl sites for hydroxylation is 1. The van der Waals surface area contributed by atoms with Crippen LogP contribution in [0.2, 0.25) is 0 Å². The number of aromatic nitrogens is 2. The lowest BCUT2D eigenvalue weighted by molar-refractivity contribution is 0.658. The van der Waals surface area contributed by atoms with Gasteiger partial charge in [-0.1, -0.05) is 30.3 Å². The van der Waals surface area contributed by atoms with Crippen LogP contribution in [0, 0.1) is 0 Å². The SMILES string of the molecule is CS(=O)CCn1cncc1C(N)c1ccccc1. The molecule has 2 rings (SSSR count). The summed E-state index contributed by atoms with van der Waals surface area (Å²) in [6.45, 7) is 0.680. The van der Waals surface area contributed by atoms with Gasteiger partial charge in [-0.2, -0.15) is 0 Å². The van der Waals surface area contributed by atoms with E-state index in [1.165, 1.54) is 0 Å². The number of imidazole rings is 1. The van der Waals surface area contributed by atoms with E-state index < -0.39 is 10.8 Å². The maximum Gasteiger partial charge on any atom is 0.0949 e. The van der Waals surface area contributed by atoms with Crippen molar-refractivity contribution in [2.75, 3.05) is 12.0 Å². The average Bonchev–Trinajstić information content (AvgIpc) is 2.85. The summed E-state index contributed by atoms with van der Waals surface area (Å²) < 4.78 is 13.1. The summed E-state index contributed by atoms with van der Waals surface area (Å²) in [5.41, 5.74) is 8.23. The van der Waals surface area contributed by atoms with Crippen molar-refractivity contribution < 1.29 is 4.21 Å². The first kappa shape index (κ1) is 13.0. The number of hydrogen-bond donors (Lipinski definition) is 1. The Balaban J connectivity index is 2.18. The normalized spacial score (nSPS) is 14.3. The Kier molecular flexibility index (Phi) is 4.28. The fourth-order valence-electron chi connectivity index (χ4n) is 1.83. The Morgan fingerprint density at radius 1 is 1.39 bits per heavy atom. The fraction of sp³-hybridized carbons (Fsp3) is 0.308. The van der Waals surface area contributed by atoms with Crippen LogP contribution in [0.3, 0.4) is 0 Å². The van der Waals surface area contributed by atoms with E-state index in [0.29, 0.717) is 12.3 Å². The van der Waals surface area contributed by atoms with Gasteiger partial charge >= 0.3 is 0 Å². The van der Waals surface area contributed by atoms with E-state index in [0.717, 1.165) is 11.3 Å². The van der Waals surface area contributed by atoms with Crippen molar-refractivity contribution in [1.29, 1.82) is 0 Å². The highest BCUT2D eigenvalue weighted by molar-refractivity contribution is 7.84. The van der Waals surface area contributed by atoms with Gasteiger partial charge in [0, 0.05) is 29.4 Å². The van der Waals surface area contributed by atoms with E-state index in [2.05, 4.69) is 4.98 Å². The summed E-state index contributed by atoms with van der Waals surface area (Å²) in [6, 6.07) is 9.71. The van der Waals surface area contributed by atoms with Crippen molar-refractivity contribution in [2.45, 2.75) is 12.6 Å². The third kappa shape index (κ3) is 3.05. The molecule has 0 saturated carbocycles. The molecule has 0 aliphatic carbocycles. The van der Waals surface area contributed by atoms with Gasteiger partial charge in [0.2, 0.25) is 0 Å². The van der Waals surface area contributed by atoms with Gasteiger partial charge in [0.1, 0.15) is 0 Å². The first-order valence-electron chi connectivity index (χ1n) is 5.79. The maximum atomic E-state index is 11.1. The summed E-state index contributed by atoms with van der Waals surface area (Å²) in [6.07, 6.45) is 5.22. The summed E-state index contributed by atoms with van der Waals surface area (Å²) in [4.78, 5) is 4.13. The molecule has 4 nitrogen and oxygen atoms in total. The van der Waals surface area contributed by atoms with Gasteiger partial charge in [0.15, 0.2) is 0 Å². The molecule has 1 aromatic heterocycles. The largest absolute Gasteiger partial charge is 0.332 e. The fourth-order valence-corrected chi connectivity index (χ4v) is 2.29. The second-order valence-corrected chi connectivity index (χ2v) is 5.73. The summed E-state index contributed by atoms with van der Waals surface area (Å²) >= 11 is 0. The quantitative estimate of drug-likeness (QED) is 0.884. The van der Waals surface area contributed by atoms with E-state index in [-0.39, 0.29) is 6.04 Å². The highest BCUT2D eigenvalue weighted by atomic mass is 32.2. The molecule has 2 atom stereocenters. The second-order valence-electron chi connectivity index (χ2n) is 4.18. The molecule has 0 saturated heterocycles. The molecule has 0 bridgehead atoms. The van der Waals surface area contributed by atoms with E-state index in [4.69, 9.17) is 5.73 Å². The van der Waals surface area contributed by atoms with Gasteiger partial charge in [0.25, 0.3) is 0 Å². The van der Waals surface area contributed by atoms with E-state index in [1.807, 2.05) is 34.9 Å². The molecule has 0 spiro atoms. The van der Waals surface area contributed by atoms with Gasteiger partial charge in [0.05, 0.1) is 24.3 Å². The molecule has 2 aromatic rings. The third-order valence-corrected chi connectivity index (χ3v) is 3.60. The Bertz CT molecular complexity index is 524. The molecule has 0 fully saturated rings. The van der Waals surface area contributed by atoms with Gasteiger partial charge < -0.3 is 10.3 Å². The minimum absolute atomic E-state index is 0.195. The van der Waals surface area contributed by atoms with Crippen LogP contribution in [0.5, 0.6) is 0 Å². The number of hydrogen-bond acceptors (Lipinski definition) is 3. The van der Waals surface area contributed by atoms with Crippen LogP contribution in [0.4, 0.5) is 0 Å². The van der Waals surface area contributed by atoms with Crippen molar-refractivity contribution in [2.24, 2.45) is 5.73 Å². The molecular weight excluding hydrogens is 246 g/mol. The summed E-state index contributed by atoms with van der Waals surface area (Å²) in [5.74, 6) is 0.616. The topological polar surface area (TPSA) is 60.9 Å². The predicted octanol–water partition coefficient (Wildman–Crippen LogP) is 1.31. The smallest absolute Gasteiger partial charge is 0.0949 e. The first-order valence-corrected chi connectivity index (χ1v) is 7.52. The van der Waals surface area contributed by atoms with Crippen LogP contribution in [0.1, 0.15) is 17.3 Å². The Labute approximate surface area is 109 Å². The van der Waals surface area contributed by atoms with Crippen molar-refractivity contribution in [1.82, 2.24) is 9.55 Å². The number of nitrogens with zero attached hydrogens (tertiary/aromatic N) is 2. The lowest BCUT2D eigenvalue weighted by Crippen LogP contribution is -2.18. The maximum absolute atomic E-state index is 11.1. The molecule has 1 aromatic carbocycles. The lowest BCUT2D eigenvalue weighted by atomic mass is 10.1. The first-order chi connectivity index (χ1) is 8.68. The molecule has 0 amide bonds. The average molecular weight is 263 g/mol. The highest BCUT2D eigenvalue weighted by Crippen LogP contribution is 2.18. The van der Waals surface area contributed by atoms with E-state index >= 15 is 0 Å². The minimum Gasteiger partial charge on any atom is -0.332 e. The minimum atomic E-state index is -0.806. The van der Waals surface area contributed by atoms with Crippen molar-refractivity contribution >= 4 is 10.8 Å². The van der Waals surface area contributed by atoms with Crippen molar-refractivity contribution in [3.8, 4) is 0 Å².